The minimum absolute atomic E-state index is 0.0149. The number of carbonyl (C=O) groups is 2. The number of piperazine rings is 1. The number of nitrogens with zero attached hydrogens (tertiary/aromatic N) is 3. The number of hydrogen-bond acceptors (Lipinski definition) is 5. The standard InChI is InChI=1S/C12H18N4O2S/c1-2-13-11(17)7-15-3-5-16(6-4-15)12(18)10-8-19-9-14-10/h8-9H,2-7H2,1H3,(H,13,17). The van der Waals surface area contributed by atoms with Crippen LogP contribution in [0.25, 0.3) is 0 Å². The summed E-state index contributed by atoms with van der Waals surface area (Å²) in [6, 6.07) is 0. The first-order valence-electron chi connectivity index (χ1n) is 6.37. The quantitative estimate of drug-likeness (QED) is 0.846. The van der Waals surface area contributed by atoms with Crippen LogP contribution in [0.5, 0.6) is 0 Å². The Labute approximate surface area is 116 Å². The van der Waals surface area contributed by atoms with Gasteiger partial charge in [-0.2, -0.15) is 0 Å². The fourth-order valence-electron chi connectivity index (χ4n) is 2.05. The van der Waals surface area contributed by atoms with Gasteiger partial charge in [0.1, 0.15) is 5.69 Å². The van der Waals surface area contributed by atoms with Gasteiger partial charge < -0.3 is 10.2 Å². The maximum absolute atomic E-state index is 12.1. The van der Waals surface area contributed by atoms with Gasteiger partial charge in [-0.3, -0.25) is 14.5 Å². The van der Waals surface area contributed by atoms with Crippen LogP contribution in [0.2, 0.25) is 0 Å². The van der Waals surface area contributed by atoms with Gasteiger partial charge in [-0.1, -0.05) is 0 Å². The van der Waals surface area contributed by atoms with Gasteiger partial charge in [-0.05, 0) is 6.92 Å². The van der Waals surface area contributed by atoms with Crippen molar-refractivity contribution in [1.29, 1.82) is 0 Å². The molecule has 7 heteroatoms. The van der Waals surface area contributed by atoms with Gasteiger partial charge in [0, 0.05) is 38.1 Å². The maximum atomic E-state index is 12.1. The van der Waals surface area contributed by atoms with Crippen molar-refractivity contribution in [2.24, 2.45) is 0 Å². The monoisotopic (exact) mass is 282 g/mol. The van der Waals surface area contributed by atoms with Crippen molar-refractivity contribution in [2.75, 3.05) is 39.3 Å². The molecule has 1 aliphatic heterocycles. The van der Waals surface area contributed by atoms with Crippen LogP contribution in [-0.2, 0) is 4.79 Å². The van der Waals surface area contributed by atoms with Gasteiger partial charge in [0.15, 0.2) is 0 Å². The highest BCUT2D eigenvalue weighted by atomic mass is 32.1. The zero-order chi connectivity index (χ0) is 13.7. The molecule has 6 nitrogen and oxygen atoms in total. The average Bonchev–Trinajstić information content (AvgIpc) is 2.93. The van der Waals surface area contributed by atoms with Crippen LogP contribution in [0.15, 0.2) is 10.9 Å². The van der Waals surface area contributed by atoms with E-state index in [-0.39, 0.29) is 11.8 Å². The SMILES string of the molecule is CCNC(=O)CN1CCN(C(=O)c2cscn2)CC1. The minimum atomic E-state index is -0.0149. The van der Waals surface area contributed by atoms with Crippen LogP contribution in [0, 0.1) is 0 Å². The zero-order valence-corrected chi connectivity index (χ0v) is 11.8. The second-order valence-electron chi connectivity index (χ2n) is 4.40. The van der Waals surface area contributed by atoms with E-state index in [2.05, 4.69) is 15.2 Å². The van der Waals surface area contributed by atoms with Crippen LogP contribution < -0.4 is 5.32 Å². The van der Waals surface area contributed by atoms with Gasteiger partial charge in [-0.25, -0.2) is 4.98 Å². The molecule has 1 aliphatic rings. The van der Waals surface area contributed by atoms with Crippen molar-refractivity contribution in [3.8, 4) is 0 Å². The van der Waals surface area contributed by atoms with Crippen molar-refractivity contribution in [2.45, 2.75) is 6.92 Å². The van der Waals surface area contributed by atoms with Crippen molar-refractivity contribution < 1.29 is 9.59 Å². The van der Waals surface area contributed by atoms with Crippen molar-refractivity contribution in [3.63, 3.8) is 0 Å². The highest BCUT2D eigenvalue weighted by Crippen LogP contribution is 2.09. The van der Waals surface area contributed by atoms with E-state index in [0.29, 0.717) is 31.9 Å². The lowest BCUT2D eigenvalue weighted by atomic mass is 10.3. The Bertz CT molecular complexity index is 427. The summed E-state index contributed by atoms with van der Waals surface area (Å²) in [6.45, 7) is 5.72. The molecule has 0 bridgehead atoms. The average molecular weight is 282 g/mol. The molecular weight excluding hydrogens is 264 g/mol. The lowest BCUT2D eigenvalue weighted by molar-refractivity contribution is -0.122. The summed E-state index contributed by atoms with van der Waals surface area (Å²) in [6.07, 6.45) is 0. The third kappa shape index (κ3) is 3.74. The number of aromatic nitrogens is 1. The van der Waals surface area contributed by atoms with Crippen LogP contribution in [0.1, 0.15) is 17.4 Å². The third-order valence-electron chi connectivity index (χ3n) is 3.05. The van der Waals surface area contributed by atoms with Crippen LogP contribution >= 0.6 is 11.3 Å². The molecular formula is C12H18N4O2S. The van der Waals surface area contributed by atoms with Crippen LogP contribution in [0.4, 0.5) is 0 Å². The van der Waals surface area contributed by atoms with Gasteiger partial charge in [0.05, 0.1) is 12.1 Å². The number of nitrogens with one attached hydrogen (secondary N) is 1. The Morgan fingerprint density at radius 2 is 2.11 bits per heavy atom. The lowest BCUT2D eigenvalue weighted by Gasteiger charge is -2.33. The number of likely N-dealkylation sites (N-methyl/N-ethyl adjacent to an activating group) is 1. The van der Waals surface area contributed by atoms with Gasteiger partial charge in [0.2, 0.25) is 5.91 Å². The molecule has 0 aromatic carbocycles. The third-order valence-corrected chi connectivity index (χ3v) is 3.64. The summed E-state index contributed by atoms with van der Waals surface area (Å²) >= 11 is 1.42. The molecule has 0 radical (unpaired) electrons. The molecule has 2 rings (SSSR count). The summed E-state index contributed by atoms with van der Waals surface area (Å²) in [7, 11) is 0. The van der Waals surface area contributed by atoms with E-state index >= 15 is 0 Å². The fourth-order valence-corrected chi connectivity index (χ4v) is 2.57. The molecule has 1 aromatic rings. The summed E-state index contributed by atoms with van der Waals surface area (Å²) in [5.41, 5.74) is 2.18. The Morgan fingerprint density at radius 1 is 1.37 bits per heavy atom. The molecule has 0 atom stereocenters. The molecule has 0 unspecified atom stereocenters. The molecule has 0 saturated carbocycles. The first-order chi connectivity index (χ1) is 9.20. The minimum Gasteiger partial charge on any atom is -0.355 e. The summed E-state index contributed by atoms with van der Waals surface area (Å²) < 4.78 is 0. The molecule has 1 fully saturated rings. The Morgan fingerprint density at radius 3 is 2.68 bits per heavy atom. The van der Waals surface area contributed by atoms with E-state index < -0.39 is 0 Å². The van der Waals surface area contributed by atoms with Gasteiger partial charge in [0.25, 0.3) is 5.91 Å². The predicted molar refractivity (Wildman–Crippen MR) is 73.1 cm³/mol. The number of amides is 2. The first-order valence-corrected chi connectivity index (χ1v) is 7.31. The molecule has 0 spiro atoms. The predicted octanol–water partition coefficient (Wildman–Crippen LogP) is 0.0370. The Kier molecular flexibility index (Phi) is 4.86. The molecule has 2 amide bonds. The molecule has 2 heterocycles. The smallest absolute Gasteiger partial charge is 0.273 e. The van der Waals surface area contributed by atoms with Crippen LogP contribution in [-0.4, -0.2) is 65.9 Å². The van der Waals surface area contributed by atoms with Gasteiger partial charge in [-0.15, -0.1) is 11.3 Å². The Balaban J connectivity index is 1.79. The molecule has 0 aliphatic carbocycles. The number of carbonyl (C=O) groups excluding carboxylic acids is 2. The first kappa shape index (κ1) is 14.0. The van der Waals surface area contributed by atoms with E-state index in [1.807, 2.05) is 6.92 Å². The second kappa shape index (κ2) is 6.63. The maximum Gasteiger partial charge on any atom is 0.273 e. The molecule has 1 saturated heterocycles. The molecule has 19 heavy (non-hydrogen) atoms. The van der Waals surface area contributed by atoms with E-state index in [0.717, 1.165) is 13.1 Å². The fraction of sp³-hybridized carbons (Fsp3) is 0.583. The van der Waals surface area contributed by atoms with E-state index in [1.54, 1.807) is 15.8 Å². The summed E-state index contributed by atoms with van der Waals surface area (Å²) in [5.74, 6) is 0.0284. The normalized spacial score (nSPS) is 16.4. The van der Waals surface area contributed by atoms with Crippen molar-refractivity contribution in [3.05, 3.63) is 16.6 Å². The zero-order valence-electron chi connectivity index (χ0n) is 11.0. The van der Waals surface area contributed by atoms with Crippen LogP contribution in [0.3, 0.4) is 0 Å². The van der Waals surface area contributed by atoms with Crippen molar-refractivity contribution >= 4 is 23.2 Å². The van der Waals surface area contributed by atoms with E-state index in [9.17, 15) is 9.59 Å². The van der Waals surface area contributed by atoms with E-state index in [1.165, 1.54) is 11.3 Å². The Hall–Kier alpha value is -1.47. The topological polar surface area (TPSA) is 65.5 Å². The number of hydrogen-bond donors (Lipinski definition) is 1. The second-order valence-corrected chi connectivity index (χ2v) is 5.11. The molecule has 1 N–H and O–H groups in total. The lowest BCUT2D eigenvalue weighted by Crippen LogP contribution is -2.51. The largest absolute Gasteiger partial charge is 0.355 e. The molecule has 1 aromatic heterocycles. The van der Waals surface area contributed by atoms with E-state index in [4.69, 9.17) is 0 Å². The molecule has 104 valence electrons. The highest BCUT2D eigenvalue weighted by molar-refractivity contribution is 7.07. The highest BCUT2D eigenvalue weighted by Gasteiger charge is 2.23. The number of rotatable bonds is 4. The number of thiazole rings is 1. The van der Waals surface area contributed by atoms with Gasteiger partial charge >= 0.3 is 0 Å². The summed E-state index contributed by atoms with van der Waals surface area (Å²) in [5, 5.41) is 4.55. The van der Waals surface area contributed by atoms with Crippen molar-refractivity contribution in [1.82, 2.24) is 20.1 Å². The summed E-state index contributed by atoms with van der Waals surface area (Å²) in [4.78, 5) is 31.4.